The molecule has 0 spiro atoms. The lowest BCUT2D eigenvalue weighted by molar-refractivity contribution is 0.102. The van der Waals surface area contributed by atoms with Crippen LogP contribution in [-0.4, -0.2) is 27.4 Å². The Morgan fingerprint density at radius 2 is 2.11 bits per heavy atom. The van der Waals surface area contributed by atoms with Crippen LogP contribution < -0.4 is 10.6 Å². The minimum Gasteiger partial charge on any atom is -0.369 e. The van der Waals surface area contributed by atoms with Gasteiger partial charge in [0.2, 0.25) is 0 Å². The summed E-state index contributed by atoms with van der Waals surface area (Å²) in [6, 6.07) is 1.74. The smallest absolute Gasteiger partial charge is 0.275 e. The van der Waals surface area contributed by atoms with Crippen molar-refractivity contribution in [2.45, 2.75) is 13.8 Å². The summed E-state index contributed by atoms with van der Waals surface area (Å²) in [6.45, 7) is 4.60. The standard InChI is InChI=1S/C13H15N5O/c1-3-15-12-8-16-11(7-17-12)13(19)18-10-4-5-14-6-9(10)2/h4-8H,3H2,1-2H3,(H,15,17)(H,14,18,19). The van der Waals surface area contributed by atoms with Crippen LogP contribution in [-0.2, 0) is 0 Å². The van der Waals surface area contributed by atoms with Crippen LogP contribution >= 0.6 is 0 Å². The first-order valence-electron chi connectivity index (χ1n) is 5.98. The predicted octanol–water partition coefficient (Wildman–Crippen LogP) is 1.86. The molecule has 6 heteroatoms. The van der Waals surface area contributed by atoms with Gasteiger partial charge in [-0.15, -0.1) is 0 Å². The van der Waals surface area contributed by atoms with E-state index in [1.54, 1.807) is 18.5 Å². The number of amides is 1. The highest BCUT2D eigenvalue weighted by atomic mass is 16.1. The zero-order chi connectivity index (χ0) is 13.7. The molecule has 0 aromatic carbocycles. The second kappa shape index (κ2) is 5.90. The summed E-state index contributed by atoms with van der Waals surface area (Å²) in [5.41, 5.74) is 1.89. The van der Waals surface area contributed by atoms with Gasteiger partial charge in [-0.25, -0.2) is 9.97 Å². The molecule has 0 bridgehead atoms. The van der Waals surface area contributed by atoms with Crippen molar-refractivity contribution in [2.75, 3.05) is 17.2 Å². The summed E-state index contributed by atoms with van der Waals surface area (Å²) in [5, 5.41) is 5.79. The van der Waals surface area contributed by atoms with Gasteiger partial charge in [0.05, 0.1) is 12.4 Å². The minimum absolute atomic E-state index is 0.276. The molecule has 0 aliphatic heterocycles. The van der Waals surface area contributed by atoms with E-state index in [0.717, 1.165) is 17.8 Å². The summed E-state index contributed by atoms with van der Waals surface area (Å²) in [5.74, 6) is 0.365. The molecule has 0 aliphatic carbocycles. The maximum Gasteiger partial charge on any atom is 0.275 e. The van der Waals surface area contributed by atoms with Gasteiger partial charge in [0.1, 0.15) is 11.5 Å². The van der Waals surface area contributed by atoms with E-state index in [4.69, 9.17) is 0 Å². The summed E-state index contributed by atoms with van der Waals surface area (Å²) in [7, 11) is 0. The Balaban J connectivity index is 2.10. The van der Waals surface area contributed by atoms with Gasteiger partial charge < -0.3 is 10.6 Å². The van der Waals surface area contributed by atoms with Gasteiger partial charge in [0.25, 0.3) is 5.91 Å². The van der Waals surface area contributed by atoms with Crippen LogP contribution in [0.3, 0.4) is 0 Å². The molecule has 2 heterocycles. The number of nitrogens with zero attached hydrogens (tertiary/aromatic N) is 3. The average Bonchev–Trinajstić information content (AvgIpc) is 2.42. The first kappa shape index (κ1) is 12.9. The van der Waals surface area contributed by atoms with Crippen molar-refractivity contribution in [3.05, 3.63) is 42.1 Å². The lowest BCUT2D eigenvalue weighted by Crippen LogP contribution is -2.15. The number of carbonyl (C=O) groups is 1. The molecule has 2 aromatic rings. The third kappa shape index (κ3) is 3.25. The number of aryl methyl sites for hydroxylation is 1. The topological polar surface area (TPSA) is 79.8 Å². The molecule has 0 unspecified atom stereocenters. The Morgan fingerprint density at radius 1 is 1.26 bits per heavy atom. The lowest BCUT2D eigenvalue weighted by atomic mass is 10.2. The molecule has 2 N–H and O–H groups in total. The summed E-state index contributed by atoms with van der Waals surface area (Å²) in [4.78, 5) is 24.1. The zero-order valence-electron chi connectivity index (χ0n) is 10.8. The Bertz CT molecular complexity index is 568. The van der Waals surface area contributed by atoms with Crippen LogP contribution in [0.1, 0.15) is 23.0 Å². The Hall–Kier alpha value is -2.50. The SMILES string of the molecule is CCNc1cnc(C(=O)Nc2ccncc2C)cn1. The van der Waals surface area contributed by atoms with E-state index < -0.39 is 0 Å². The molecule has 19 heavy (non-hydrogen) atoms. The minimum atomic E-state index is -0.287. The molecule has 0 fully saturated rings. The van der Waals surface area contributed by atoms with Gasteiger partial charge in [-0.3, -0.25) is 9.78 Å². The quantitative estimate of drug-likeness (QED) is 0.874. The van der Waals surface area contributed by atoms with Crippen molar-refractivity contribution in [2.24, 2.45) is 0 Å². The Kier molecular flexibility index (Phi) is 4.02. The first-order chi connectivity index (χ1) is 9.20. The van der Waals surface area contributed by atoms with E-state index in [1.165, 1.54) is 12.4 Å². The highest BCUT2D eigenvalue weighted by Crippen LogP contribution is 2.12. The second-order valence-corrected chi connectivity index (χ2v) is 3.96. The number of carbonyl (C=O) groups excluding carboxylic acids is 1. The van der Waals surface area contributed by atoms with E-state index in [1.807, 2.05) is 13.8 Å². The number of hydrogen-bond donors (Lipinski definition) is 2. The molecule has 0 saturated heterocycles. The van der Waals surface area contributed by atoms with Crippen molar-refractivity contribution >= 4 is 17.4 Å². The van der Waals surface area contributed by atoms with Crippen molar-refractivity contribution in [3.8, 4) is 0 Å². The largest absolute Gasteiger partial charge is 0.369 e. The highest BCUT2D eigenvalue weighted by Gasteiger charge is 2.09. The van der Waals surface area contributed by atoms with Gasteiger partial charge in [-0.1, -0.05) is 0 Å². The summed E-state index contributed by atoms with van der Waals surface area (Å²) >= 11 is 0. The number of nitrogens with one attached hydrogen (secondary N) is 2. The molecule has 0 radical (unpaired) electrons. The van der Waals surface area contributed by atoms with Gasteiger partial charge in [0, 0.05) is 24.6 Å². The monoisotopic (exact) mass is 257 g/mol. The van der Waals surface area contributed by atoms with E-state index in [0.29, 0.717) is 5.82 Å². The number of hydrogen-bond acceptors (Lipinski definition) is 5. The Labute approximate surface area is 111 Å². The van der Waals surface area contributed by atoms with Crippen molar-refractivity contribution in [1.29, 1.82) is 0 Å². The molecular weight excluding hydrogens is 242 g/mol. The van der Waals surface area contributed by atoms with Crippen LogP contribution in [0.5, 0.6) is 0 Å². The summed E-state index contributed by atoms with van der Waals surface area (Å²) in [6.07, 6.45) is 6.31. The van der Waals surface area contributed by atoms with Gasteiger partial charge in [0.15, 0.2) is 0 Å². The fourth-order valence-corrected chi connectivity index (χ4v) is 1.52. The lowest BCUT2D eigenvalue weighted by Gasteiger charge is -2.07. The molecule has 0 atom stereocenters. The number of rotatable bonds is 4. The van der Waals surface area contributed by atoms with E-state index in [9.17, 15) is 4.79 Å². The molecule has 6 nitrogen and oxygen atoms in total. The molecule has 2 aromatic heterocycles. The van der Waals surface area contributed by atoms with Gasteiger partial charge in [-0.2, -0.15) is 0 Å². The average molecular weight is 257 g/mol. The molecule has 1 amide bonds. The van der Waals surface area contributed by atoms with Gasteiger partial charge >= 0.3 is 0 Å². The predicted molar refractivity (Wildman–Crippen MR) is 73.1 cm³/mol. The fourth-order valence-electron chi connectivity index (χ4n) is 1.52. The van der Waals surface area contributed by atoms with E-state index in [-0.39, 0.29) is 11.6 Å². The second-order valence-electron chi connectivity index (χ2n) is 3.96. The third-order valence-electron chi connectivity index (χ3n) is 2.51. The van der Waals surface area contributed by atoms with Crippen molar-refractivity contribution in [3.63, 3.8) is 0 Å². The first-order valence-corrected chi connectivity index (χ1v) is 5.98. The zero-order valence-corrected chi connectivity index (χ0v) is 10.8. The number of aromatic nitrogens is 3. The van der Waals surface area contributed by atoms with Gasteiger partial charge in [-0.05, 0) is 25.5 Å². The maximum absolute atomic E-state index is 12.0. The van der Waals surface area contributed by atoms with Crippen LogP contribution in [0.4, 0.5) is 11.5 Å². The molecular formula is C13H15N5O. The highest BCUT2D eigenvalue weighted by molar-refractivity contribution is 6.03. The molecule has 0 saturated carbocycles. The molecule has 0 aliphatic rings. The van der Waals surface area contributed by atoms with Crippen molar-refractivity contribution < 1.29 is 4.79 Å². The van der Waals surface area contributed by atoms with Crippen LogP contribution in [0, 0.1) is 6.92 Å². The number of anilines is 2. The fraction of sp³-hybridized carbons (Fsp3) is 0.231. The maximum atomic E-state index is 12.0. The van der Waals surface area contributed by atoms with Crippen LogP contribution in [0.2, 0.25) is 0 Å². The molecule has 2 rings (SSSR count). The summed E-state index contributed by atoms with van der Waals surface area (Å²) < 4.78 is 0. The van der Waals surface area contributed by atoms with Crippen molar-refractivity contribution in [1.82, 2.24) is 15.0 Å². The van der Waals surface area contributed by atoms with Crippen LogP contribution in [0.15, 0.2) is 30.9 Å². The third-order valence-corrected chi connectivity index (χ3v) is 2.51. The molecule has 98 valence electrons. The van der Waals surface area contributed by atoms with Crippen LogP contribution in [0.25, 0.3) is 0 Å². The number of pyridine rings is 1. The van der Waals surface area contributed by atoms with E-state index in [2.05, 4.69) is 25.6 Å². The Morgan fingerprint density at radius 3 is 2.74 bits per heavy atom. The van der Waals surface area contributed by atoms with E-state index >= 15 is 0 Å². The normalized spacial score (nSPS) is 10.0.